The Bertz CT molecular complexity index is 605. The zero-order chi connectivity index (χ0) is 19.8. The summed E-state index contributed by atoms with van der Waals surface area (Å²) in [6.07, 6.45) is 3.64. The molecule has 0 atom stereocenters. The minimum atomic E-state index is -0.686. The van der Waals surface area contributed by atoms with Gasteiger partial charge in [0.2, 0.25) is 0 Å². The van der Waals surface area contributed by atoms with E-state index in [1.165, 1.54) is 0 Å². The number of hydrogen-bond acceptors (Lipinski definition) is 5. The van der Waals surface area contributed by atoms with Gasteiger partial charge in [0.1, 0.15) is 18.0 Å². The van der Waals surface area contributed by atoms with Gasteiger partial charge in [-0.2, -0.15) is 0 Å². The van der Waals surface area contributed by atoms with E-state index in [1.54, 1.807) is 0 Å². The lowest BCUT2D eigenvalue weighted by Gasteiger charge is -2.37. The van der Waals surface area contributed by atoms with Gasteiger partial charge < -0.3 is 19.5 Å². The van der Waals surface area contributed by atoms with E-state index < -0.39 is 5.60 Å². The van der Waals surface area contributed by atoms with E-state index in [0.29, 0.717) is 19.1 Å². The number of hydrogen-bond donors (Lipinski definition) is 1. The van der Waals surface area contributed by atoms with Crippen LogP contribution in [0.15, 0.2) is 24.3 Å². The Hall–Kier alpha value is -1.63. The molecule has 1 aromatic rings. The van der Waals surface area contributed by atoms with Crippen molar-refractivity contribution in [2.75, 3.05) is 51.4 Å². The predicted octanol–water partition coefficient (Wildman–Crippen LogP) is 3.32. The molecule has 1 aliphatic carbocycles. The van der Waals surface area contributed by atoms with Crippen molar-refractivity contribution in [3.63, 3.8) is 0 Å². The van der Waals surface area contributed by atoms with Crippen molar-refractivity contribution in [3.8, 4) is 5.75 Å². The van der Waals surface area contributed by atoms with Crippen molar-refractivity contribution < 1.29 is 19.0 Å². The van der Waals surface area contributed by atoms with Crippen LogP contribution in [0.4, 0.5) is 5.69 Å². The van der Waals surface area contributed by atoms with E-state index in [1.807, 2.05) is 31.2 Å². The molecule has 1 saturated heterocycles. The van der Waals surface area contributed by atoms with Gasteiger partial charge in [0.15, 0.2) is 0 Å². The molecule has 28 heavy (non-hydrogen) atoms. The van der Waals surface area contributed by atoms with Gasteiger partial charge in [0.25, 0.3) is 5.91 Å². The van der Waals surface area contributed by atoms with Gasteiger partial charge in [0, 0.05) is 31.9 Å². The summed E-state index contributed by atoms with van der Waals surface area (Å²) in [6.45, 7) is 9.84. The van der Waals surface area contributed by atoms with E-state index in [0.717, 1.165) is 70.0 Å². The Morgan fingerprint density at radius 3 is 2.54 bits per heavy atom. The molecule has 1 aliphatic heterocycles. The Morgan fingerprint density at radius 2 is 1.89 bits per heavy atom. The van der Waals surface area contributed by atoms with Crippen molar-refractivity contribution in [1.29, 1.82) is 0 Å². The maximum atomic E-state index is 12.9. The molecule has 1 saturated carbocycles. The second-order valence-electron chi connectivity index (χ2n) is 7.89. The van der Waals surface area contributed by atoms with Gasteiger partial charge in [-0.1, -0.05) is 6.92 Å². The Balaban J connectivity index is 1.49. The maximum absolute atomic E-state index is 12.9. The maximum Gasteiger partial charge on any atom is 0.256 e. The highest BCUT2D eigenvalue weighted by atomic mass is 16.5. The molecule has 6 heteroatoms. The van der Waals surface area contributed by atoms with Crippen LogP contribution in [-0.2, 0) is 14.3 Å². The lowest BCUT2D eigenvalue weighted by molar-refractivity contribution is -0.146. The molecule has 0 spiro atoms. The van der Waals surface area contributed by atoms with E-state index >= 15 is 0 Å². The zero-order valence-electron chi connectivity index (χ0n) is 17.2. The smallest absolute Gasteiger partial charge is 0.256 e. The Labute approximate surface area is 168 Å². The van der Waals surface area contributed by atoms with Crippen LogP contribution in [0.2, 0.25) is 0 Å². The molecule has 3 rings (SSSR count). The molecule has 6 nitrogen and oxygen atoms in total. The quantitative estimate of drug-likeness (QED) is 0.738. The van der Waals surface area contributed by atoms with Gasteiger partial charge in [-0.15, -0.1) is 0 Å². The van der Waals surface area contributed by atoms with Crippen LogP contribution in [0, 0.1) is 5.92 Å². The predicted molar refractivity (Wildman–Crippen MR) is 110 cm³/mol. The van der Waals surface area contributed by atoms with Crippen molar-refractivity contribution >= 4 is 11.6 Å². The molecule has 1 N–H and O–H groups in total. The molecule has 156 valence electrons. The van der Waals surface area contributed by atoms with Gasteiger partial charge in [-0.3, -0.25) is 9.69 Å². The second-order valence-corrected chi connectivity index (χ2v) is 7.89. The summed E-state index contributed by atoms with van der Waals surface area (Å²) in [5.41, 5.74) is 0.0948. The molecule has 1 amide bonds. The van der Waals surface area contributed by atoms with Crippen molar-refractivity contribution in [2.45, 2.75) is 45.1 Å². The monoisotopic (exact) mass is 390 g/mol. The van der Waals surface area contributed by atoms with Crippen LogP contribution in [0.3, 0.4) is 0 Å². The van der Waals surface area contributed by atoms with E-state index in [2.05, 4.69) is 17.1 Å². The summed E-state index contributed by atoms with van der Waals surface area (Å²) in [5.74, 6) is 1.45. The molecular formula is C22H34N2O4. The Kier molecular flexibility index (Phi) is 7.71. The first-order valence-corrected chi connectivity index (χ1v) is 10.6. The molecule has 1 heterocycles. The van der Waals surface area contributed by atoms with Crippen molar-refractivity contribution in [3.05, 3.63) is 24.3 Å². The number of morpholine rings is 1. The van der Waals surface area contributed by atoms with E-state index in [4.69, 9.17) is 14.2 Å². The average Bonchev–Trinajstić information content (AvgIpc) is 2.72. The highest BCUT2D eigenvalue weighted by molar-refractivity contribution is 5.97. The normalized spacial score (nSPS) is 26.0. The van der Waals surface area contributed by atoms with Crippen LogP contribution in [-0.4, -0.2) is 62.5 Å². The third kappa shape index (κ3) is 5.69. The van der Waals surface area contributed by atoms with Crippen molar-refractivity contribution in [1.82, 2.24) is 4.90 Å². The van der Waals surface area contributed by atoms with E-state index in [9.17, 15) is 4.79 Å². The van der Waals surface area contributed by atoms with Gasteiger partial charge >= 0.3 is 0 Å². The summed E-state index contributed by atoms with van der Waals surface area (Å²) >= 11 is 0. The SMILES string of the molecule is CCOC1(C(=O)Nc2ccc(OCCN3CCOCC3)cc2)CCC(C)CC1. The van der Waals surface area contributed by atoms with E-state index in [-0.39, 0.29) is 5.91 Å². The largest absolute Gasteiger partial charge is 0.492 e. The summed E-state index contributed by atoms with van der Waals surface area (Å²) in [5, 5.41) is 3.05. The van der Waals surface area contributed by atoms with Crippen LogP contribution >= 0.6 is 0 Å². The number of benzene rings is 1. The molecule has 2 fully saturated rings. The standard InChI is InChI=1S/C22H34N2O4/c1-3-28-22(10-8-18(2)9-11-22)21(25)23-19-4-6-20(7-5-19)27-17-14-24-12-15-26-16-13-24/h4-7,18H,3,8-17H2,1-2H3,(H,23,25). The lowest BCUT2D eigenvalue weighted by Crippen LogP contribution is -2.48. The minimum absolute atomic E-state index is 0.0257. The fourth-order valence-corrected chi connectivity index (χ4v) is 3.94. The average molecular weight is 391 g/mol. The van der Waals surface area contributed by atoms with Crippen LogP contribution < -0.4 is 10.1 Å². The molecule has 0 radical (unpaired) electrons. The minimum Gasteiger partial charge on any atom is -0.492 e. The number of nitrogens with zero attached hydrogens (tertiary/aromatic N) is 1. The highest BCUT2D eigenvalue weighted by Gasteiger charge is 2.41. The van der Waals surface area contributed by atoms with Crippen LogP contribution in [0.1, 0.15) is 39.5 Å². The molecule has 0 aromatic heterocycles. The summed E-state index contributed by atoms with van der Waals surface area (Å²) in [7, 11) is 0. The summed E-state index contributed by atoms with van der Waals surface area (Å²) < 4.78 is 17.1. The van der Waals surface area contributed by atoms with Crippen molar-refractivity contribution in [2.24, 2.45) is 5.92 Å². The second kappa shape index (κ2) is 10.2. The summed E-state index contributed by atoms with van der Waals surface area (Å²) in [4.78, 5) is 15.3. The van der Waals surface area contributed by atoms with Gasteiger partial charge in [-0.25, -0.2) is 0 Å². The third-order valence-electron chi connectivity index (χ3n) is 5.81. The van der Waals surface area contributed by atoms with Gasteiger partial charge in [-0.05, 0) is 62.8 Å². The Morgan fingerprint density at radius 1 is 1.21 bits per heavy atom. The van der Waals surface area contributed by atoms with Crippen LogP contribution in [0.5, 0.6) is 5.75 Å². The third-order valence-corrected chi connectivity index (χ3v) is 5.81. The lowest BCUT2D eigenvalue weighted by atomic mass is 9.78. The molecule has 1 aromatic carbocycles. The fourth-order valence-electron chi connectivity index (χ4n) is 3.94. The first kappa shape index (κ1) is 21.1. The molecule has 2 aliphatic rings. The highest BCUT2D eigenvalue weighted by Crippen LogP contribution is 2.36. The molecular weight excluding hydrogens is 356 g/mol. The number of nitrogens with one attached hydrogen (secondary N) is 1. The number of amides is 1. The van der Waals surface area contributed by atoms with Gasteiger partial charge in [0.05, 0.1) is 13.2 Å². The first-order chi connectivity index (χ1) is 13.6. The topological polar surface area (TPSA) is 60.0 Å². The fraction of sp³-hybridized carbons (Fsp3) is 0.682. The first-order valence-electron chi connectivity index (χ1n) is 10.6. The number of rotatable bonds is 8. The number of carbonyl (C=O) groups is 1. The number of ether oxygens (including phenoxy) is 3. The molecule has 0 bridgehead atoms. The number of anilines is 1. The molecule has 0 unspecified atom stereocenters. The number of carbonyl (C=O) groups excluding carboxylic acids is 1. The summed E-state index contributed by atoms with van der Waals surface area (Å²) in [6, 6.07) is 7.61. The van der Waals surface area contributed by atoms with Crippen LogP contribution in [0.25, 0.3) is 0 Å². The zero-order valence-corrected chi connectivity index (χ0v) is 17.2.